The second-order valence-corrected chi connectivity index (χ2v) is 5.39. The Labute approximate surface area is 112 Å². The third-order valence-electron chi connectivity index (χ3n) is 3.19. The molecule has 1 aromatic heterocycles. The number of rotatable bonds is 3. The Hall–Kier alpha value is -1.16. The fraction of sp³-hybridized carbons (Fsp3) is 0.333. The molecule has 3 heteroatoms. The van der Waals surface area contributed by atoms with Crippen LogP contribution in [0.2, 0.25) is 0 Å². The summed E-state index contributed by atoms with van der Waals surface area (Å²) in [5.74, 6) is 0. The van der Waals surface area contributed by atoms with Gasteiger partial charge >= 0.3 is 0 Å². The highest BCUT2D eigenvalue weighted by Gasteiger charge is 2.10. The van der Waals surface area contributed by atoms with Gasteiger partial charge < -0.3 is 4.74 Å². The van der Waals surface area contributed by atoms with Crippen LogP contribution in [0.5, 0.6) is 0 Å². The fourth-order valence-electron chi connectivity index (χ4n) is 2.24. The molecule has 2 heterocycles. The van der Waals surface area contributed by atoms with Gasteiger partial charge in [0, 0.05) is 29.9 Å². The molecule has 93 valence electrons. The predicted molar refractivity (Wildman–Crippen MR) is 74.7 cm³/mol. The van der Waals surface area contributed by atoms with Crippen LogP contribution >= 0.6 is 11.3 Å². The van der Waals surface area contributed by atoms with Crippen LogP contribution in [0.4, 0.5) is 0 Å². The summed E-state index contributed by atoms with van der Waals surface area (Å²) in [7, 11) is 0. The normalized spacial score (nSPS) is 16.9. The number of hydrogen-bond donors (Lipinski definition) is 0. The van der Waals surface area contributed by atoms with E-state index in [1.165, 1.54) is 16.0 Å². The fourth-order valence-corrected chi connectivity index (χ4v) is 2.88. The van der Waals surface area contributed by atoms with Crippen LogP contribution in [0.1, 0.15) is 5.56 Å². The average Bonchev–Trinajstić information content (AvgIpc) is 2.94. The van der Waals surface area contributed by atoms with Crippen LogP contribution in [0.15, 0.2) is 36.4 Å². The molecule has 1 aliphatic rings. The van der Waals surface area contributed by atoms with Crippen LogP contribution in [0.25, 0.3) is 10.4 Å². The Morgan fingerprint density at radius 3 is 2.89 bits per heavy atom. The maximum atomic E-state index is 5.38. The number of ether oxygens (including phenoxy) is 1. The number of morpholine rings is 1. The first-order valence-electron chi connectivity index (χ1n) is 6.27. The van der Waals surface area contributed by atoms with Crippen LogP contribution in [-0.4, -0.2) is 31.2 Å². The van der Waals surface area contributed by atoms with E-state index in [4.69, 9.17) is 4.74 Å². The van der Waals surface area contributed by atoms with Crippen molar-refractivity contribution >= 4 is 11.3 Å². The average molecular weight is 258 g/mol. The highest BCUT2D eigenvalue weighted by Crippen LogP contribution is 2.25. The van der Waals surface area contributed by atoms with Crippen molar-refractivity contribution < 1.29 is 4.74 Å². The molecule has 1 saturated heterocycles. The summed E-state index contributed by atoms with van der Waals surface area (Å²) in [5.41, 5.74) is 2.68. The van der Waals surface area contributed by atoms with E-state index in [1.54, 1.807) is 11.3 Å². The summed E-state index contributed by atoms with van der Waals surface area (Å²) in [6, 6.07) is 12.9. The third kappa shape index (κ3) is 2.80. The summed E-state index contributed by atoms with van der Waals surface area (Å²) in [5, 5.41) is 3.14. The Kier molecular flexibility index (Phi) is 3.74. The second-order valence-electron chi connectivity index (χ2n) is 4.51. The van der Waals surface area contributed by atoms with E-state index in [9.17, 15) is 0 Å². The first kappa shape index (κ1) is 11.9. The first-order valence-corrected chi connectivity index (χ1v) is 7.09. The molecule has 0 atom stereocenters. The van der Waals surface area contributed by atoms with Crippen LogP contribution < -0.4 is 0 Å². The smallest absolute Gasteiger partial charge is 0.0594 e. The van der Waals surface area contributed by atoms with Gasteiger partial charge in [-0.2, -0.15) is 0 Å². The summed E-state index contributed by atoms with van der Waals surface area (Å²) in [6.07, 6.45) is 0. The van der Waals surface area contributed by atoms with Gasteiger partial charge in [0.1, 0.15) is 0 Å². The molecule has 1 fully saturated rings. The SMILES string of the molecule is [c]1ccc(-c2cccc(CN3CCOCC3)c2)s1. The zero-order valence-corrected chi connectivity index (χ0v) is 11.1. The number of benzene rings is 1. The summed E-state index contributed by atoms with van der Waals surface area (Å²) >= 11 is 1.67. The standard InChI is InChI=1S/C15H16NOS/c1-3-13(12-16-6-8-17-9-7-16)11-14(4-1)15-5-2-10-18-15/h1-5,11H,6-9,12H2. The van der Waals surface area contributed by atoms with E-state index < -0.39 is 0 Å². The highest BCUT2D eigenvalue weighted by atomic mass is 32.1. The minimum atomic E-state index is 0.861. The van der Waals surface area contributed by atoms with Gasteiger partial charge in [0.15, 0.2) is 0 Å². The number of nitrogens with zero attached hydrogens (tertiary/aromatic N) is 1. The summed E-state index contributed by atoms with van der Waals surface area (Å²) in [6.45, 7) is 4.82. The molecular weight excluding hydrogens is 242 g/mol. The van der Waals surface area contributed by atoms with Gasteiger partial charge in [-0.1, -0.05) is 18.2 Å². The maximum Gasteiger partial charge on any atom is 0.0594 e. The molecule has 2 nitrogen and oxygen atoms in total. The molecular formula is C15H16NOS. The molecule has 0 spiro atoms. The van der Waals surface area contributed by atoms with Crippen molar-refractivity contribution in [2.45, 2.75) is 6.54 Å². The lowest BCUT2D eigenvalue weighted by Crippen LogP contribution is -2.35. The Morgan fingerprint density at radius 1 is 1.22 bits per heavy atom. The van der Waals surface area contributed by atoms with E-state index in [0.717, 1.165) is 32.8 Å². The van der Waals surface area contributed by atoms with Crippen molar-refractivity contribution in [1.82, 2.24) is 4.90 Å². The van der Waals surface area contributed by atoms with Crippen molar-refractivity contribution in [3.8, 4) is 10.4 Å². The second kappa shape index (κ2) is 5.65. The van der Waals surface area contributed by atoms with Crippen molar-refractivity contribution in [3.05, 3.63) is 47.3 Å². The van der Waals surface area contributed by atoms with Crippen molar-refractivity contribution in [2.75, 3.05) is 26.3 Å². The predicted octanol–water partition coefficient (Wildman–Crippen LogP) is 3.05. The molecule has 0 unspecified atom stereocenters. The molecule has 1 radical (unpaired) electrons. The molecule has 0 bridgehead atoms. The summed E-state index contributed by atoms with van der Waals surface area (Å²) in [4.78, 5) is 3.74. The van der Waals surface area contributed by atoms with Crippen molar-refractivity contribution in [1.29, 1.82) is 0 Å². The van der Waals surface area contributed by atoms with Gasteiger partial charge in [-0.15, -0.1) is 11.3 Å². The molecule has 2 aromatic rings. The molecule has 0 N–H and O–H groups in total. The lowest BCUT2D eigenvalue weighted by molar-refractivity contribution is 0.0342. The Bertz CT molecular complexity index is 489. The largest absolute Gasteiger partial charge is 0.379 e. The minimum absolute atomic E-state index is 0.861. The van der Waals surface area contributed by atoms with Gasteiger partial charge in [0.2, 0.25) is 0 Å². The van der Waals surface area contributed by atoms with E-state index in [1.807, 2.05) is 6.07 Å². The van der Waals surface area contributed by atoms with Gasteiger partial charge in [0.05, 0.1) is 13.2 Å². The molecule has 0 aliphatic carbocycles. The molecule has 1 aliphatic heterocycles. The van der Waals surface area contributed by atoms with Crippen LogP contribution in [0.3, 0.4) is 0 Å². The highest BCUT2D eigenvalue weighted by molar-refractivity contribution is 7.13. The summed E-state index contributed by atoms with van der Waals surface area (Å²) < 4.78 is 5.38. The maximum absolute atomic E-state index is 5.38. The number of hydrogen-bond acceptors (Lipinski definition) is 3. The molecule has 18 heavy (non-hydrogen) atoms. The molecule has 1 aromatic carbocycles. The lowest BCUT2D eigenvalue weighted by Gasteiger charge is -2.26. The van der Waals surface area contributed by atoms with Gasteiger partial charge in [0.25, 0.3) is 0 Å². The topological polar surface area (TPSA) is 12.5 Å². The van der Waals surface area contributed by atoms with E-state index in [-0.39, 0.29) is 0 Å². The zero-order chi connectivity index (χ0) is 12.2. The monoisotopic (exact) mass is 258 g/mol. The van der Waals surface area contributed by atoms with E-state index in [0.29, 0.717) is 0 Å². The third-order valence-corrected chi connectivity index (χ3v) is 4.04. The molecule has 3 rings (SSSR count). The van der Waals surface area contributed by atoms with E-state index in [2.05, 4.69) is 40.6 Å². The quantitative estimate of drug-likeness (QED) is 0.839. The zero-order valence-electron chi connectivity index (χ0n) is 10.3. The van der Waals surface area contributed by atoms with Gasteiger partial charge in [-0.05, 0) is 29.3 Å². The van der Waals surface area contributed by atoms with Crippen molar-refractivity contribution in [2.24, 2.45) is 0 Å². The molecule has 0 saturated carbocycles. The lowest BCUT2D eigenvalue weighted by atomic mass is 10.1. The van der Waals surface area contributed by atoms with Crippen molar-refractivity contribution in [3.63, 3.8) is 0 Å². The Balaban J connectivity index is 1.74. The van der Waals surface area contributed by atoms with E-state index >= 15 is 0 Å². The van der Waals surface area contributed by atoms with Crippen LogP contribution in [-0.2, 0) is 11.3 Å². The minimum Gasteiger partial charge on any atom is -0.379 e. The number of thiophene rings is 1. The van der Waals surface area contributed by atoms with Crippen LogP contribution in [0, 0.1) is 5.38 Å². The van der Waals surface area contributed by atoms with Gasteiger partial charge in [-0.25, -0.2) is 0 Å². The first-order chi connectivity index (χ1) is 8.92. The molecule has 0 amide bonds. The Morgan fingerprint density at radius 2 is 2.11 bits per heavy atom. The van der Waals surface area contributed by atoms with Gasteiger partial charge in [-0.3, -0.25) is 4.90 Å².